The third-order valence-electron chi connectivity index (χ3n) is 2.76. The molecule has 3 amide bonds. The molecule has 110 valence electrons. The lowest BCUT2D eigenvalue weighted by atomic mass is 10.1. The molecule has 0 saturated carbocycles. The number of nitrogens with one attached hydrogen (secondary N) is 3. The Labute approximate surface area is 119 Å². The van der Waals surface area contributed by atoms with Gasteiger partial charge in [0.1, 0.15) is 0 Å². The predicted octanol–water partition coefficient (Wildman–Crippen LogP) is 1.89. The summed E-state index contributed by atoms with van der Waals surface area (Å²) in [6, 6.07) is 6.51. The Balaban J connectivity index is 2.48. The summed E-state index contributed by atoms with van der Waals surface area (Å²) in [7, 11) is 1.55. The number of nitrogens with two attached hydrogens (primary N) is 1. The van der Waals surface area contributed by atoms with E-state index in [0.29, 0.717) is 17.8 Å². The van der Waals surface area contributed by atoms with Gasteiger partial charge < -0.3 is 21.7 Å². The smallest absolute Gasteiger partial charge is 0.318 e. The number of carbonyl (C=O) groups is 2. The van der Waals surface area contributed by atoms with Gasteiger partial charge in [0.05, 0.1) is 0 Å². The molecule has 6 nitrogen and oxygen atoms in total. The first-order valence-electron chi connectivity index (χ1n) is 6.69. The number of hydrogen-bond acceptors (Lipinski definition) is 3. The molecule has 0 fully saturated rings. The number of amides is 3. The van der Waals surface area contributed by atoms with Crippen LogP contribution in [-0.4, -0.2) is 25.0 Å². The van der Waals surface area contributed by atoms with E-state index in [-0.39, 0.29) is 18.0 Å². The summed E-state index contributed by atoms with van der Waals surface area (Å²) in [5.74, 6) is -0.0991. The van der Waals surface area contributed by atoms with Crippen molar-refractivity contribution in [3.63, 3.8) is 0 Å². The highest BCUT2D eigenvalue weighted by atomic mass is 16.2. The largest absolute Gasteiger partial charge is 0.341 e. The molecule has 0 aliphatic carbocycles. The minimum atomic E-state index is -0.285. The monoisotopic (exact) mass is 278 g/mol. The van der Waals surface area contributed by atoms with E-state index in [1.54, 1.807) is 31.3 Å². The van der Waals surface area contributed by atoms with E-state index in [1.807, 2.05) is 6.92 Å². The molecule has 1 atom stereocenters. The van der Waals surface area contributed by atoms with Gasteiger partial charge in [-0.3, -0.25) is 4.79 Å². The van der Waals surface area contributed by atoms with Gasteiger partial charge in [-0.2, -0.15) is 0 Å². The van der Waals surface area contributed by atoms with Gasteiger partial charge in [-0.15, -0.1) is 0 Å². The standard InChI is InChI=1S/C14H22N4O2/c1-3-4-10(15)9-13(19)17-11-5-7-12(8-6-11)18-14(20)16-2/h5-8,10H,3-4,9,15H2,1-2H3,(H,17,19)(H2,16,18,20). The molecule has 0 aliphatic rings. The number of urea groups is 1. The fourth-order valence-corrected chi connectivity index (χ4v) is 1.75. The summed E-state index contributed by atoms with van der Waals surface area (Å²) >= 11 is 0. The van der Waals surface area contributed by atoms with Crippen LogP contribution in [0.15, 0.2) is 24.3 Å². The molecule has 1 aromatic carbocycles. The van der Waals surface area contributed by atoms with Crippen molar-refractivity contribution in [1.29, 1.82) is 0 Å². The Morgan fingerprint density at radius 3 is 2.20 bits per heavy atom. The number of carbonyl (C=O) groups excluding carboxylic acids is 2. The first-order valence-corrected chi connectivity index (χ1v) is 6.69. The molecule has 0 spiro atoms. The maximum Gasteiger partial charge on any atom is 0.318 e. The van der Waals surface area contributed by atoms with Crippen LogP contribution in [0.3, 0.4) is 0 Å². The average Bonchev–Trinajstić information content (AvgIpc) is 2.41. The predicted molar refractivity (Wildman–Crippen MR) is 80.7 cm³/mol. The molecule has 0 radical (unpaired) electrons. The zero-order valence-electron chi connectivity index (χ0n) is 11.9. The Kier molecular flexibility index (Phi) is 6.52. The lowest BCUT2D eigenvalue weighted by Gasteiger charge is -2.11. The lowest BCUT2D eigenvalue weighted by Crippen LogP contribution is -2.27. The summed E-state index contributed by atoms with van der Waals surface area (Å²) in [5.41, 5.74) is 7.16. The van der Waals surface area contributed by atoms with E-state index >= 15 is 0 Å². The molecule has 0 aliphatic heterocycles. The second-order valence-electron chi connectivity index (χ2n) is 4.58. The third-order valence-corrected chi connectivity index (χ3v) is 2.76. The maximum atomic E-state index is 11.7. The molecule has 0 aromatic heterocycles. The topological polar surface area (TPSA) is 96.2 Å². The Morgan fingerprint density at radius 2 is 1.70 bits per heavy atom. The van der Waals surface area contributed by atoms with E-state index in [2.05, 4.69) is 16.0 Å². The minimum Gasteiger partial charge on any atom is -0.341 e. The average molecular weight is 278 g/mol. The normalized spacial score (nSPS) is 11.6. The number of rotatable bonds is 6. The van der Waals surface area contributed by atoms with Gasteiger partial charge in [-0.05, 0) is 30.7 Å². The second-order valence-corrected chi connectivity index (χ2v) is 4.58. The number of benzene rings is 1. The van der Waals surface area contributed by atoms with Gasteiger partial charge in [0.25, 0.3) is 0 Å². The molecule has 1 aromatic rings. The van der Waals surface area contributed by atoms with Gasteiger partial charge in [0, 0.05) is 30.9 Å². The molecule has 0 heterocycles. The zero-order valence-corrected chi connectivity index (χ0v) is 11.9. The summed E-state index contributed by atoms with van der Waals surface area (Å²) < 4.78 is 0. The Hall–Kier alpha value is -2.08. The van der Waals surface area contributed by atoms with Gasteiger partial charge in [0.15, 0.2) is 0 Å². The molecule has 20 heavy (non-hydrogen) atoms. The van der Waals surface area contributed by atoms with Crippen molar-refractivity contribution in [2.45, 2.75) is 32.2 Å². The van der Waals surface area contributed by atoms with Crippen LogP contribution in [0.25, 0.3) is 0 Å². The quantitative estimate of drug-likeness (QED) is 0.640. The molecule has 0 saturated heterocycles. The van der Waals surface area contributed by atoms with Crippen LogP contribution in [0.1, 0.15) is 26.2 Å². The second kappa shape index (κ2) is 8.16. The lowest BCUT2D eigenvalue weighted by molar-refractivity contribution is -0.116. The SMILES string of the molecule is CCCC(N)CC(=O)Nc1ccc(NC(=O)NC)cc1. The van der Waals surface area contributed by atoms with Crippen LogP contribution in [0.2, 0.25) is 0 Å². The van der Waals surface area contributed by atoms with Crippen molar-refractivity contribution < 1.29 is 9.59 Å². The molecule has 0 bridgehead atoms. The maximum absolute atomic E-state index is 11.7. The van der Waals surface area contributed by atoms with Gasteiger partial charge >= 0.3 is 6.03 Å². The van der Waals surface area contributed by atoms with Crippen LogP contribution < -0.4 is 21.7 Å². The molecular weight excluding hydrogens is 256 g/mol. The van der Waals surface area contributed by atoms with Crippen LogP contribution >= 0.6 is 0 Å². The zero-order chi connectivity index (χ0) is 15.0. The summed E-state index contributed by atoms with van der Waals surface area (Å²) in [6.45, 7) is 2.04. The molecule has 1 unspecified atom stereocenters. The van der Waals surface area contributed by atoms with Crippen LogP contribution in [-0.2, 0) is 4.79 Å². The highest BCUT2D eigenvalue weighted by Crippen LogP contribution is 2.14. The molecule has 6 heteroatoms. The van der Waals surface area contributed by atoms with Gasteiger partial charge in [-0.25, -0.2) is 4.79 Å². The van der Waals surface area contributed by atoms with E-state index in [9.17, 15) is 9.59 Å². The van der Waals surface area contributed by atoms with Crippen molar-refractivity contribution in [2.75, 3.05) is 17.7 Å². The van der Waals surface area contributed by atoms with Crippen LogP contribution in [0.5, 0.6) is 0 Å². The van der Waals surface area contributed by atoms with Crippen LogP contribution in [0, 0.1) is 0 Å². The van der Waals surface area contributed by atoms with E-state index in [1.165, 1.54) is 0 Å². The molecule has 5 N–H and O–H groups in total. The summed E-state index contributed by atoms with van der Waals surface area (Å²) in [6.07, 6.45) is 2.11. The summed E-state index contributed by atoms with van der Waals surface area (Å²) in [4.78, 5) is 22.9. The van der Waals surface area contributed by atoms with E-state index < -0.39 is 0 Å². The fraction of sp³-hybridized carbons (Fsp3) is 0.429. The number of hydrogen-bond donors (Lipinski definition) is 4. The first kappa shape index (κ1) is 16.0. The Morgan fingerprint density at radius 1 is 1.15 bits per heavy atom. The summed E-state index contributed by atoms with van der Waals surface area (Å²) in [5, 5.41) is 7.88. The highest BCUT2D eigenvalue weighted by molar-refractivity contribution is 5.92. The highest BCUT2D eigenvalue weighted by Gasteiger charge is 2.09. The fourth-order valence-electron chi connectivity index (χ4n) is 1.75. The molecular formula is C14H22N4O2. The Bertz CT molecular complexity index is 445. The first-order chi connectivity index (χ1) is 9.55. The van der Waals surface area contributed by atoms with Crippen molar-refractivity contribution >= 4 is 23.3 Å². The van der Waals surface area contributed by atoms with Crippen molar-refractivity contribution in [2.24, 2.45) is 5.73 Å². The van der Waals surface area contributed by atoms with Crippen molar-refractivity contribution in [3.05, 3.63) is 24.3 Å². The van der Waals surface area contributed by atoms with E-state index in [0.717, 1.165) is 12.8 Å². The molecule has 1 rings (SSSR count). The minimum absolute atomic E-state index is 0.0991. The number of anilines is 2. The van der Waals surface area contributed by atoms with E-state index in [4.69, 9.17) is 5.73 Å². The van der Waals surface area contributed by atoms with Crippen molar-refractivity contribution in [3.8, 4) is 0 Å². The van der Waals surface area contributed by atoms with Gasteiger partial charge in [-0.1, -0.05) is 13.3 Å². The van der Waals surface area contributed by atoms with Gasteiger partial charge in [0.2, 0.25) is 5.91 Å². The van der Waals surface area contributed by atoms with Crippen LogP contribution in [0.4, 0.5) is 16.2 Å². The van der Waals surface area contributed by atoms with Crippen molar-refractivity contribution in [1.82, 2.24) is 5.32 Å². The third kappa shape index (κ3) is 5.71.